The summed E-state index contributed by atoms with van der Waals surface area (Å²) < 4.78 is 0. The molecule has 0 aliphatic heterocycles. The van der Waals surface area contributed by atoms with Gasteiger partial charge in [0, 0.05) is 11.8 Å². The van der Waals surface area contributed by atoms with Crippen molar-refractivity contribution in [3.05, 3.63) is 28.2 Å². The molecule has 7 heteroatoms. The van der Waals surface area contributed by atoms with Crippen LogP contribution in [-0.4, -0.2) is 27.2 Å². The van der Waals surface area contributed by atoms with Crippen molar-refractivity contribution in [3.8, 4) is 0 Å². The zero-order valence-electron chi connectivity index (χ0n) is 7.68. The maximum Gasteiger partial charge on any atom is 0.271 e. The van der Waals surface area contributed by atoms with Crippen LogP contribution in [0.15, 0.2) is 17.1 Å². The summed E-state index contributed by atoms with van der Waals surface area (Å²) in [6.07, 6.45) is -2.10. The van der Waals surface area contributed by atoms with Crippen LogP contribution in [-0.2, 0) is 4.79 Å². The smallest absolute Gasteiger partial charge is 0.271 e. The second-order valence-corrected chi connectivity index (χ2v) is 3.01. The van der Waals surface area contributed by atoms with E-state index in [-0.39, 0.29) is 11.3 Å². The summed E-state index contributed by atoms with van der Waals surface area (Å²) in [6, 6.07) is 1.16. The maximum absolute atomic E-state index is 10.9. The zero-order chi connectivity index (χ0) is 11.6. The number of aliphatic hydroxyl groups is 2. The van der Waals surface area contributed by atoms with Gasteiger partial charge >= 0.3 is 0 Å². The minimum absolute atomic E-state index is 0.110. The van der Waals surface area contributed by atoms with E-state index < -0.39 is 23.7 Å². The Labute approximate surface area is 84.3 Å². The number of aliphatic hydroxyl groups excluding tert-OH is 2. The molecule has 1 aromatic heterocycles. The molecule has 2 atom stereocenters. The van der Waals surface area contributed by atoms with Gasteiger partial charge in [-0.15, -0.1) is 0 Å². The Bertz CT molecular complexity index is 428. The van der Waals surface area contributed by atoms with Crippen molar-refractivity contribution in [3.63, 3.8) is 0 Å². The number of nitrogens with two attached hydrogens (primary N) is 2. The lowest BCUT2D eigenvalue weighted by molar-refractivity contribution is -0.131. The van der Waals surface area contributed by atoms with E-state index in [9.17, 15) is 14.7 Å². The Morgan fingerprint density at radius 2 is 2.07 bits per heavy atom. The summed E-state index contributed by atoms with van der Waals surface area (Å²) >= 11 is 0. The van der Waals surface area contributed by atoms with Crippen molar-refractivity contribution in [2.75, 3.05) is 5.73 Å². The van der Waals surface area contributed by atoms with Crippen LogP contribution in [0.25, 0.3) is 0 Å². The molecule has 0 bridgehead atoms. The van der Waals surface area contributed by atoms with E-state index in [4.69, 9.17) is 16.6 Å². The number of anilines is 1. The number of aromatic nitrogens is 1. The maximum atomic E-state index is 10.9. The second-order valence-electron chi connectivity index (χ2n) is 3.01. The summed E-state index contributed by atoms with van der Waals surface area (Å²) in [4.78, 5) is 23.7. The average molecular weight is 213 g/mol. The lowest BCUT2D eigenvalue weighted by atomic mass is 10.1. The SMILES string of the molecule is NC(=O)C(O)C(O)c1c[nH]c(=O)c(N)c1. The lowest BCUT2D eigenvalue weighted by Crippen LogP contribution is -2.34. The first-order valence-corrected chi connectivity index (χ1v) is 4.07. The van der Waals surface area contributed by atoms with Gasteiger partial charge in [0.15, 0.2) is 6.10 Å². The Morgan fingerprint density at radius 1 is 1.47 bits per heavy atom. The van der Waals surface area contributed by atoms with Gasteiger partial charge in [0.2, 0.25) is 5.91 Å². The molecule has 1 rings (SSSR count). The van der Waals surface area contributed by atoms with Gasteiger partial charge in [-0.1, -0.05) is 0 Å². The number of pyridine rings is 1. The van der Waals surface area contributed by atoms with Crippen molar-refractivity contribution >= 4 is 11.6 Å². The number of amides is 1. The van der Waals surface area contributed by atoms with Gasteiger partial charge in [0.05, 0.1) is 5.69 Å². The molecule has 0 fully saturated rings. The Kier molecular flexibility index (Phi) is 3.08. The molecule has 1 aromatic rings. The largest absolute Gasteiger partial charge is 0.394 e. The number of rotatable bonds is 3. The number of aromatic amines is 1. The molecular formula is C8H11N3O4. The van der Waals surface area contributed by atoms with E-state index in [1.54, 1.807) is 0 Å². The van der Waals surface area contributed by atoms with Crippen LogP contribution in [0.5, 0.6) is 0 Å². The van der Waals surface area contributed by atoms with Crippen molar-refractivity contribution in [2.24, 2.45) is 5.73 Å². The van der Waals surface area contributed by atoms with Gasteiger partial charge in [0.1, 0.15) is 6.10 Å². The van der Waals surface area contributed by atoms with Crippen molar-refractivity contribution in [2.45, 2.75) is 12.2 Å². The van der Waals surface area contributed by atoms with Crippen LogP contribution >= 0.6 is 0 Å². The highest BCUT2D eigenvalue weighted by Gasteiger charge is 2.23. The summed E-state index contributed by atoms with van der Waals surface area (Å²) in [5.41, 5.74) is 9.55. The second kappa shape index (κ2) is 4.11. The van der Waals surface area contributed by atoms with Gasteiger partial charge < -0.3 is 26.7 Å². The highest BCUT2D eigenvalue weighted by atomic mass is 16.3. The third-order valence-electron chi connectivity index (χ3n) is 1.89. The van der Waals surface area contributed by atoms with Crippen LogP contribution in [0.2, 0.25) is 0 Å². The van der Waals surface area contributed by atoms with Gasteiger partial charge in [-0.2, -0.15) is 0 Å². The number of nitrogen functional groups attached to an aromatic ring is 1. The van der Waals surface area contributed by atoms with Crippen molar-refractivity contribution in [1.29, 1.82) is 0 Å². The molecule has 2 unspecified atom stereocenters. The number of carbonyl (C=O) groups excluding carboxylic acids is 1. The third kappa shape index (κ3) is 2.33. The van der Waals surface area contributed by atoms with Crippen LogP contribution in [0, 0.1) is 0 Å². The third-order valence-corrected chi connectivity index (χ3v) is 1.89. The highest BCUT2D eigenvalue weighted by molar-refractivity contribution is 5.79. The van der Waals surface area contributed by atoms with Gasteiger partial charge in [0.25, 0.3) is 5.56 Å². The first-order chi connectivity index (χ1) is 6.93. The summed E-state index contributed by atoms with van der Waals surface area (Å²) in [6.45, 7) is 0. The first-order valence-electron chi connectivity index (χ1n) is 4.07. The first kappa shape index (κ1) is 11.2. The van der Waals surface area contributed by atoms with E-state index in [2.05, 4.69) is 4.98 Å². The predicted octanol–water partition coefficient (Wildman–Crippen LogP) is -2.16. The molecule has 0 saturated carbocycles. The molecule has 15 heavy (non-hydrogen) atoms. The molecule has 1 heterocycles. The summed E-state index contributed by atoms with van der Waals surface area (Å²) in [7, 11) is 0. The van der Waals surface area contributed by atoms with E-state index in [1.807, 2.05) is 0 Å². The lowest BCUT2D eigenvalue weighted by Gasteiger charge is -2.14. The molecule has 7 nitrogen and oxygen atoms in total. The number of H-pyrrole nitrogens is 1. The molecule has 0 aliphatic rings. The fourth-order valence-corrected chi connectivity index (χ4v) is 1.03. The Morgan fingerprint density at radius 3 is 2.53 bits per heavy atom. The van der Waals surface area contributed by atoms with Gasteiger partial charge in [-0.05, 0) is 6.07 Å². The number of nitrogens with one attached hydrogen (secondary N) is 1. The molecule has 7 N–H and O–H groups in total. The molecule has 0 aromatic carbocycles. The van der Waals surface area contributed by atoms with Gasteiger partial charge in [-0.25, -0.2) is 0 Å². The fourth-order valence-electron chi connectivity index (χ4n) is 1.03. The minimum Gasteiger partial charge on any atom is -0.394 e. The standard InChI is InChI=1S/C8H11N3O4/c9-4-1-3(2-11-8(4)15)5(12)6(13)7(10)14/h1-2,5-6,12-13H,9H2,(H2,10,14)(H,11,15). The molecule has 0 aliphatic carbocycles. The van der Waals surface area contributed by atoms with E-state index in [1.165, 1.54) is 0 Å². The molecule has 1 amide bonds. The fraction of sp³-hybridized carbons (Fsp3) is 0.250. The molecule has 0 saturated heterocycles. The molecule has 0 radical (unpaired) electrons. The van der Waals surface area contributed by atoms with Crippen LogP contribution in [0.1, 0.15) is 11.7 Å². The zero-order valence-corrected chi connectivity index (χ0v) is 7.68. The van der Waals surface area contributed by atoms with Gasteiger partial charge in [-0.3, -0.25) is 9.59 Å². The Hall–Kier alpha value is -1.86. The normalized spacial score (nSPS) is 14.5. The number of carbonyl (C=O) groups is 1. The van der Waals surface area contributed by atoms with Crippen LogP contribution < -0.4 is 17.0 Å². The number of primary amides is 1. The monoisotopic (exact) mass is 213 g/mol. The average Bonchev–Trinajstić information content (AvgIpc) is 2.19. The molecule has 0 spiro atoms. The quantitative estimate of drug-likeness (QED) is 0.388. The highest BCUT2D eigenvalue weighted by Crippen LogP contribution is 2.16. The van der Waals surface area contributed by atoms with Crippen LogP contribution in [0.4, 0.5) is 5.69 Å². The number of hydrogen-bond acceptors (Lipinski definition) is 5. The van der Waals surface area contributed by atoms with Crippen molar-refractivity contribution < 1.29 is 15.0 Å². The Balaban J connectivity index is 3.01. The minimum atomic E-state index is -1.74. The number of hydrogen-bond donors (Lipinski definition) is 5. The summed E-state index contributed by atoms with van der Waals surface area (Å²) in [5, 5.41) is 18.6. The van der Waals surface area contributed by atoms with E-state index >= 15 is 0 Å². The predicted molar refractivity (Wildman–Crippen MR) is 51.6 cm³/mol. The summed E-state index contributed by atoms with van der Waals surface area (Å²) in [5.74, 6) is -1.06. The van der Waals surface area contributed by atoms with E-state index in [0.717, 1.165) is 12.3 Å². The van der Waals surface area contributed by atoms with Crippen molar-refractivity contribution in [1.82, 2.24) is 4.98 Å². The van der Waals surface area contributed by atoms with E-state index in [0.29, 0.717) is 0 Å². The van der Waals surface area contributed by atoms with Crippen LogP contribution in [0.3, 0.4) is 0 Å². The molecule has 82 valence electrons. The molecular weight excluding hydrogens is 202 g/mol. The topological polar surface area (TPSA) is 142 Å².